The smallest absolute Gasteiger partial charge is 0.0606 e. The van der Waals surface area contributed by atoms with Crippen LogP contribution < -0.4 is 0 Å². The van der Waals surface area contributed by atoms with Gasteiger partial charge < -0.3 is 10.2 Å². The fraction of sp³-hybridized carbons (Fsp3) is 0.889. The molecule has 0 radical (unpaired) electrons. The minimum Gasteiger partial charge on any atom is -0.393 e. The highest BCUT2D eigenvalue weighted by Crippen LogP contribution is 2.61. The molecule has 0 amide bonds. The topological polar surface area (TPSA) is 40.5 Å². The Balaban J connectivity index is 1.69. The number of hydrogen-bond donors (Lipinski definition) is 2. The number of rotatable bonds is 0. The highest BCUT2D eigenvalue weighted by Gasteiger charge is 2.54. The van der Waals surface area contributed by atoms with Crippen LogP contribution in [0.5, 0.6) is 0 Å². The first-order chi connectivity index (χ1) is 10.7. The molecule has 2 saturated carbocycles. The maximum absolute atomic E-state index is 10.7. The molecule has 0 aromatic carbocycles. The van der Waals surface area contributed by atoms with Crippen molar-refractivity contribution in [3.63, 3.8) is 0 Å². The summed E-state index contributed by atoms with van der Waals surface area (Å²) < 4.78 is 24.8. The first-order valence-corrected chi connectivity index (χ1v) is 8.28. The summed E-state index contributed by atoms with van der Waals surface area (Å²) in [5.74, 6) is 0.992. The van der Waals surface area contributed by atoms with E-state index in [1.165, 1.54) is 11.1 Å². The molecule has 2 fully saturated rings. The van der Waals surface area contributed by atoms with E-state index in [1.54, 1.807) is 0 Å². The molecule has 0 aromatic heterocycles. The minimum atomic E-state index is -1.98. The zero-order valence-corrected chi connectivity index (χ0v) is 12.4. The lowest BCUT2D eigenvalue weighted by molar-refractivity contribution is -0.0326. The lowest BCUT2D eigenvalue weighted by Gasteiger charge is -2.51. The predicted molar refractivity (Wildman–Crippen MR) is 79.2 cm³/mol. The van der Waals surface area contributed by atoms with Gasteiger partial charge in [-0.2, -0.15) is 0 Å². The van der Waals surface area contributed by atoms with Gasteiger partial charge in [-0.1, -0.05) is 18.1 Å². The highest BCUT2D eigenvalue weighted by atomic mass is 16.3. The molecule has 0 aliphatic heterocycles. The van der Waals surface area contributed by atoms with E-state index < -0.39 is 17.9 Å². The van der Waals surface area contributed by atoms with E-state index in [2.05, 4.69) is 0 Å². The fourth-order valence-electron chi connectivity index (χ4n) is 5.59. The van der Waals surface area contributed by atoms with E-state index in [9.17, 15) is 10.2 Å². The van der Waals surface area contributed by atoms with Crippen LogP contribution in [0.3, 0.4) is 0 Å². The van der Waals surface area contributed by atoms with Crippen LogP contribution in [0.4, 0.5) is 0 Å². The van der Waals surface area contributed by atoms with Gasteiger partial charge in [-0.05, 0) is 80.9 Å². The Morgan fingerprint density at radius 2 is 2.05 bits per heavy atom. The van der Waals surface area contributed by atoms with Crippen LogP contribution in [0.1, 0.15) is 68.8 Å². The van der Waals surface area contributed by atoms with Crippen LogP contribution in [0, 0.1) is 23.2 Å². The Hall–Kier alpha value is -0.340. The lowest BCUT2D eigenvalue weighted by Crippen LogP contribution is -2.45. The van der Waals surface area contributed by atoms with Gasteiger partial charge in [-0.25, -0.2) is 0 Å². The van der Waals surface area contributed by atoms with E-state index in [0.29, 0.717) is 18.3 Å². The summed E-state index contributed by atoms with van der Waals surface area (Å²) in [5.41, 5.74) is 2.36. The molecule has 4 aliphatic rings. The monoisotopic (exact) mass is 279 g/mol. The normalized spacial score (nSPS) is 59.9. The number of allylic oxidation sites excluding steroid dienone is 1. The van der Waals surface area contributed by atoms with Crippen molar-refractivity contribution in [3.05, 3.63) is 11.1 Å². The van der Waals surface area contributed by atoms with Crippen LogP contribution >= 0.6 is 0 Å². The first-order valence-electron chi connectivity index (χ1n) is 9.78. The summed E-state index contributed by atoms with van der Waals surface area (Å²) in [5, 5.41) is 20.6. The summed E-state index contributed by atoms with van der Waals surface area (Å²) in [4.78, 5) is 0. The van der Waals surface area contributed by atoms with Crippen LogP contribution in [0.15, 0.2) is 11.1 Å². The number of aliphatic hydroxyl groups is 2. The second kappa shape index (κ2) is 4.58. The van der Waals surface area contributed by atoms with Crippen molar-refractivity contribution in [2.45, 2.75) is 76.8 Å². The highest BCUT2D eigenvalue weighted by molar-refractivity contribution is 5.27. The van der Waals surface area contributed by atoms with E-state index in [1.807, 2.05) is 6.92 Å². The molecule has 2 heteroatoms. The van der Waals surface area contributed by atoms with Gasteiger partial charge in [0.1, 0.15) is 0 Å². The molecule has 2 nitrogen and oxygen atoms in total. The molecule has 112 valence electrons. The third-order valence-corrected chi connectivity index (χ3v) is 6.77. The zero-order valence-electron chi connectivity index (χ0n) is 15.4. The summed E-state index contributed by atoms with van der Waals surface area (Å²) in [6, 6.07) is 0. The maximum Gasteiger partial charge on any atom is 0.0606 e. The van der Waals surface area contributed by atoms with E-state index in [0.717, 1.165) is 44.9 Å². The van der Waals surface area contributed by atoms with Crippen molar-refractivity contribution in [2.24, 2.45) is 23.2 Å². The molecular weight excluding hydrogens is 248 g/mol. The fourth-order valence-corrected chi connectivity index (χ4v) is 5.59. The van der Waals surface area contributed by atoms with Crippen molar-refractivity contribution >= 4 is 0 Å². The molecule has 2 N–H and O–H groups in total. The summed E-state index contributed by atoms with van der Waals surface area (Å²) in [7, 11) is 0. The van der Waals surface area contributed by atoms with Crippen molar-refractivity contribution in [1.29, 1.82) is 0 Å². The molecule has 0 bridgehead atoms. The quantitative estimate of drug-likeness (QED) is 0.667. The van der Waals surface area contributed by atoms with Crippen LogP contribution in [0.25, 0.3) is 0 Å². The van der Waals surface area contributed by atoms with Crippen LogP contribution in [-0.4, -0.2) is 22.4 Å². The zero-order chi connectivity index (χ0) is 16.6. The number of aliphatic hydroxyl groups excluding tert-OH is 1. The van der Waals surface area contributed by atoms with Gasteiger partial charge in [0.05, 0.1) is 13.6 Å². The molecule has 0 unspecified atom stereocenters. The second-order valence-electron chi connectivity index (χ2n) is 7.63. The molecule has 4 aliphatic carbocycles. The predicted octanol–water partition coefficient (Wildman–Crippen LogP) is 3.43. The minimum absolute atomic E-state index is 0.0969. The Morgan fingerprint density at radius 1 is 1.20 bits per heavy atom. The molecule has 0 spiro atoms. The van der Waals surface area contributed by atoms with Gasteiger partial charge in [0.25, 0.3) is 0 Å². The lowest BCUT2D eigenvalue weighted by atomic mass is 9.54. The van der Waals surface area contributed by atoms with Gasteiger partial charge in [-0.3, -0.25) is 0 Å². The molecular formula is C18H28O2. The second-order valence-corrected chi connectivity index (χ2v) is 7.63. The third kappa shape index (κ3) is 1.77. The molecule has 0 heterocycles. The van der Waals surface area contributed by atoms with Crippen LogP contribution in [-0.2, 0) is 0 Å². The van der Waals surface area contributed by atoms with E-state index >= 15 is 0 Å². The van der Waals surface area contributed by atoms with Gasteiger partial charge in [0.15, 0.2) is 0 Å². The van der Waals surface area contributed by atoms with Gasteiger partial charge in [-0.15, -0.1) is 0 Å². The van der Waals surface area contributed by atoms with Gasteiger partial charge in [0.2, 0.25) is 0 Å². The largest absolute Gasteiger partial charge is 0.393 e. The summed E-state index contributed by atoms with van der Waals surface area (Å²) in [6.07, 6.45) is 2.74. The van der Waals surface area contributed by atoms with Gasteiger partial charge in [0, 0.05) is 2.74 Å². The standard InChI is InChI=1S/C18H28O2/c1-18-9-8-14-13-5-3-12(19)10-11(13)2-4-15(14)16(18)6-7-17(18)20/h12,14-17,19-20H,2-10H2,1H3/t12-,14-,15-,16+,17-,18+/m1/s1/i7D2,17D. The van der Waals surface area contributed by atoms with E-state index in [4.69, 9.17) is 4.11 Å². The van der Waals surface area contributed by atoms with Crippen molar-refractivity contribution in [2.75, 3.05) is 0 Å². The Labute approximate surface area is 126 Å². The average Bonchev–Trinajstić information content (AvgIpc) is 2.62. The molecule has 0 saturated heterocycles. The Morgan fingerprint density at radius 3 is 2.90 bits per heavy atom. The summed E-state index contributed by atoms with van der Waals surface area (Å²) in [6.45, 7) is 1.94. The molecule has 20 heavy (non-hydrogen) atoms. The van der Waals surface area contributed by atoms with Crippen LogP contribution in [0.2, 0.25) is 0 Å². The maximum atomic E-state index is 10.7. The Kier molecular flexibility index (Phi) is 2.38. The van der Waals surface area contributed by atoms with Crippen molar-refractivity contribution in [1.82, 2.24) is 0 Å². The first kappa shape index (κ1) is 10.4. The van der Waals surface area contributed by atoms with Crippen molar-refractivity contribution < 1.29 is 14.3 Å². The van der Waals surface area contributed by atoms with Crippen molar-refractivity contribution in [3.8, 4) is 0 Å². The molecule has 6 atom stereocenters. The summed E-state index contributed by atoms with van der Waals surface area (Å²) >= 11 is 0. The molecule has 4 rings (SSSR count). The molecule has 0 aromatic rings. The van der Waals surface area contributed by atoms with E-state index in [-0.39, 0.29) is 12.0 Å². The third-order valence-electron chi connectivity index (χ3n) is 6.77. The average molecular weight is 279 g/mol. The SMILES string of the molecule is [2H]C1([2H])C[C@H]2[C@@H]3CCC4=C(CC[C@@H](O)C4)[C@H]3CC[C@]2(C)[C@]1([2H])O. The van der Waals surface area contributed by atoms with Gasteiger partial charge >= 0.3 is 0 Å². The number of fused-ring (bicyclic) bond motifs is 4. The number of hydrogen-bond acceptors (Lipinski definition) is 2. The Bertz CT molecular complexity index is 556.